The van der Waals surface area contributed by atoms with Crippen LogP contribution in [-0.2, 0) is 14.8 Å². The van der Waals surface area contributed by atoms with Gasteiger partial charge in [-0.2, -0.15) is 0 Å². The van der Waals surface area contributed by atoms with Gasteiger partial charge in [0, 0.05) is 19.8 Å². The van der Waals surface area contributed by atoms with Crippen molar-refractivity contribution >= 4 is 32.6 Å². The lowest BCUT2D eigenvalue weighted by atomic mass is 10.0. The van der Waals surface area contributed by atoms with E-state index in [1.807, 2.05) is 0 Å². The van der Waals surface area contributed by atoms with Crippen LogP contribution >= 0.6 is 22.6 Å². The van der Waals surface area contributed by atoms with Gasteiger partial charge in [-0.3, -0.25) is 4.90 Å². The zero-order chi connectivity index (χ0) is 11.8. The Morgan fingerprint density at radius 1 is 1.50 bits per heavy atom. The maximum atomic E-state index is 11.2. The molecule has 0 amide bonds. The minimum absolute atomic E-state index is 0.0370. The summed E-state index contributed by atoms with van der Waals surface area (Å²) >= 11 is 2.16. The minimum Gasteiger partial charge on any atom is -0.381 e. The largest absolute Gasteiger partial charge is 0.381 e. The predicted octanol–water partition coefficient (Wildman–Crippen LogP) is 0.147. The van der Waals surface area contributed by atoms with E-state index in [9.17, 15) is 8.42 Å². The van der Waals surface area contributed by atoms with Crippen molar-refractivity contribution in [2.45, 2.75) is 22.1 Å². The first-order chi connectivity index (χ1) is 7.48. The number of nitrogens with two attached hydrogens (primary N) is 1. The van der Waals surface area contributed by atoms with Crippen molar-refractivity contribution in [3.8, 4) is 0 Å². The van der Waals surface area contributed by atoms with E-state index < -0.39 is 10.0 Å². The van der Waals surface area contributed by atoms with Gasteiger partial charge in [-0.15, -0.1) is 0 Å². The molecule has 2 rings (SSSR count). The Bertz CT molecular complexity index is 343. The summed E-state index contributed by atoms with van der Waals surface area (Å²) in [6.07, 6.45) is 2.23. The van der Waals surface area contributed by atoms with Crippen molar-refractivity contribution in [1.29, 1.82) is 0 Å². The fourth-order valence-electron chi connectivity index (χ4n) is 2.15. The molecule has 0 radical (unpaired) electrons. The van der Waals surface area contributed by atoms with Crippen molar-refractivity contribution in [3.05, 3.63) is 0 Å². The lowest BCUT2D eigenvalue weighted by molar-refractivity contribution is 0.147. The summed E-state index contributed by atoms with van der Waals surface area (Å²) < 4.78 is 27.7. The third-order valence-corrected chi connectivity index (χ3v) is 6.74. The van der Waals surface area contributed by atoms with Crippen LogP contribution in [0.3, 0.4) is 0 Å². The molecule has 2 saturated heterocycles. The van der Waals surface area contributed by atoms with Crippen LogP contribution in [0, 0.1) is 5.92 Å². The molecule has 3 unspecified atom stereocenters. The molecule has 0 bridgehead atoms. The third kappa shape index (κ3) is 2.87. The van der Waals surface area contributed by atoms with Gasteiger partial charge >= 0.3 is 0 Å². The number of nitrogens with zero attached hydrogens (tertiary/aromatic N) is 1. The SMILES string of the molecule is NS(=O)(=O)C1CN(CCC2CCOC2)C1I. The molecular weight excluding hydrogens is 343 g/mol. The van der Waals surface area contributed by atoms with Crippen molar-refractivity contribution in [2.75, 3.05) is 26.3 Å². The van der Waals surface area contributed by atoms with E-state index >= 15 is 0 Å². The number of sulfonamides is 1. The van der Waals surface area contributed by atoms with Crippen molar-refractivity contribution in [1.82, 2.24) is 4.90 Å². The van der Waals surface area contributed by atoms with Gasteiger partial charge in [0.2, 0.25) is 10.0 Å². The van der Waals surface area contributed by atoms with Gasteiger partial charge in [-0.25, -0.2) is 13.6 Å². The number of ether oxygens (including phenoxy) is 1. The highest BCUT2D eigenvalue weighted by atomic mass is 127. The second kappa shape index (κ2) is 5.05. The molecule has 0 aromatic rings. The average Bonchev–Trinajstić information content (AvgIpc) is 2.66. The van der Waals surface area contributed by atoms with Gasteiger partial charge in [0.05, 0.1) is 4.05 Å². The van der Waals surface area contributed by atoms with Crippen molar-refractivity contribution < 1.29 is 13.2 Å². The fourth-order valence-corrected chi connectivity index (χ4v) is 5.00. The molecule has 16 heavy (non-hydrogen) atoms. The molecule has 5 nitrogen and oxygen atoms in total. The minimum atomic E-state index is -3.36. The topological polar surface area (TPSA) is 72.6 Å². The molecule has 2 fully saturated rings. The lowest BCUT2D eigenvalue weighted by Gasteiger charge is -2.43. The van der Waals surface area contributed by atoms with Gasteiger partial charge in [-0.1, -0.05) is 22.6 Å². The molecule has 0 spiro atoms. The maximum Gasteiger partial charge on any atom is 0.215 e. The predicted molar refractivity (Wildman–Crippen MR) is 69.8 cm³/mol. The van der Waals surface area contributed by atoms with Gasteiger partial charge in [0.25, 0.3) is 0 Å². The number of alkyl halides is 1. The Labute approximate surface area is 110 Å². The van der Waals surface area contributed by atoms with Crippen LogP contribution in [0.1, 0.15) is 12.8 Å². The zero-order valence-corrected chi connectivity index (χ0v) is 12.0. The molecule has 3 atom stereocenters. The van der Waals surface area contributed by atoms with E-state index in [1.165, 1.54) is 0 Å². The van der Waals surface area contributed by atoms with Crippen LogP contribution in [0.15, 0.2) is 0 Å². The number of hydrogen-bond donors (Lipinski definition) is 1. The normalized spacial score (nSPS) is 36.2. The Hall–Kier alpha value is 0.560. The van der Waals surface area contributed by atoms with Crippen LogP contribution in [0.5, 0.6) is 0 Å². The Balaban J connectivity index is 1.73. The molecule has 0 aromatic carbocycles. The average molecular weight is 360 g/mol. The molecule has 2 aliphatic heterocycles. The molecule has 0 aliphatic carbocycles. The molecule has 0 aromatic heterocycles. The number of rotatable bonds is 4. The van der Waals surface area contributed by atoms with Crippen LogP contribution in [0.4, 0.5) is 0 Å². The smallest absolute Gasteiger partial charge is 0.215 e. The first kappa shape index (κ1) is 13.0. The van der Waals surface area contributed by atoms with Crippen molar-refractivity contribution in [2.24, 2.45) is 11.1 Å². The molecule has 2 aliphatic rings. The molecule has 0 saturated carbocycles. The van der Waals surface area contributed by atoms with E-state index in [0.29, 0.717) is 12.5 Å². The van der Waals surface area contributed by atoms with Crippen LogP contribution in [-0.4, -0.2) is 48.9 Å². The van der Waals surface area contributed by atoms with Gasteiger partial charge in [0.15, 0.2) is 0 Å². The standard InChI is InChI=1S/C9H17IN2O3S/c10-9-8(16(11,13)14)5-12(9)3-1-7-2-4-15-6-7/h7-9H,1-6H2,(H2,11,13,14). The molecular formula is C9H17IN2O3S. The quantitative estimate of drug-likeness (QED) is 0.440. The van der Waals surface area contributed by atoms with E-state index in [2.05, 4.69) is 27.5 Å². The summed E-state index contributed by atoms with van der Waals surface area (Å²) in [5.41, 5.74) is 0. The second-order valence-electron chi connectivity index (χ2n) is 4.51. The molecule has 94 valence electrons. The zero-order valence-electron chi connectivity index (χ0n) is 9.01. The highest BCUT2D eigenvalue weighted by molar-refractivity contribution is 14.1. The second-order valence-corrected chi connectivity index (χ2v) is 7.57. The highest BCUT2D eigenvalue weighted by Gasteiger charge is 2.43. The summed E-state index contributed by atoms with van der Waals surface area (Å²) in [6.45, 7) is 3.27. The highest BCUT2D eigenvalue weighted by Crippen LogP contribution is 2.29. The van der Waals surface area contributed by atoms with E-state index in [1.54, 1.807) is 0 Å². The van der Waals surface area contributed by atoms with E-state index in [-0.39, 0.29) is 9.30 Å². The van der Waals surface area contributed by atoms with Gasteiger partial charge in [0.1, 0.15) is 5.25 Å². The van der Waals surface area contributed by atoms with E-state index in [4.69, 9.17) is 9.88 Å². The Morgan fingerprint density at radius 3 is 2.75 bits per heavy atom. The maximum absolute atomic E-state index is 11.2. The number of halogens is 1. The molecule has 2 heterocycles. The van der Waals surface area contributed by atoms with Gasteiger partial charge < -0.3 is 4.74 Å². The summed E-state index contributed by atoms with van der Waals surface area (Å²) in [7, 11) is -3.36. The first-order valence-corrected chi connectivity index (χ1v) is 8.31. The van der Waals surface area contributed by atoms with Crippen LogP contribution in [0.2, 0.25) is 0 Å². The third-order valence-electron chi connectivity index (χ3n) is 3.34. The Morgan fingerprint density at radius 2 is 2.25 bits per heavy atom. The van der Waals surface area contributed by atoms with Crippen LogP contribution in [0.25, 0.3) is 0 Å². The molecule has 2 N–H and O–H groups in total. The summed E-state index contributed by atoms with van der Waals surface area (Å²) in [5, 5.41) is 4.75. The number of primary sulfonamides is 1. The van der Waals surface area contributed by atoms with E-state index in [0.717, 1.165) is 32.6 Å². The summed E-state index contributed by atoms with van der Waals surface area (Å²) in [4.78, 5) is 2.17. The molecule has 7 heteroatoms. The summed E-state index contributed by atoms with van der Waals surface area (Å²) in [6, 6.07) is 0. The number of hydrogen-bond acceptors (Lipinski definition) is 4. The monoisotopic (exact) mass is 360 g/mol. The number of likely N-dealkylation sites (tertiary alicyclic amines) is 1. The van der Waals surface area contributed by atoms with Gasteiger partial charge in [-0.05, 0) is 25.3 Å². The van der Waals surface area contributed by atoms with Crippen molar-refractivity contribution in [3.63, 3.8) is 0 Å². The van der Waals surface area contributed by atoms with Crippen LogP contribution < -0.4 is 5.14 Å². The fraction of sp³-hybridized carbons (Fsp3) is 1.00. The Kier molecular flexibility index (Phi) is 4.10. The first-order valence-electron chi connectivity index (χ1n) is 5.46. The lowest BCUT2D eigenvalue weighted by Crippen LogP contribution is -2.61. The summed E-state index contributed by atoms with van der Waals surface area (Å²) in [5.74, 6) is 0.650.